The fourth-order valence-electron chi connectivity index (χ4n) is 4.51. The lowest BCUT2D eigenvalue weighted by atomic mass is 9.94. The second kappa shape index (κ2) is 7.72. The molecule has 1 unspecified atom stereocenters. The summed E-state index contributed by atoms with van der Waals surface area (Å²) in [5.41, 5.74) is 1.37. The summed E-state index contributed by atoms with van der Waals surface area (Å²) in [6.07, 6.45) is 3.45. The van der Waals surface area contributed by atoms with Crippen molar-refractivity contribution in [2.45, 2.75) is 37.1 Å². The van der Waals surface area contributed by atoms with Crippen LogP contribution in [0.1, 0.15) is 43.2 Å². The van der Waals surface area contributed by atoms with Gasteiger partial charge in [0.05, 0.1) is 25.2 Å². The zero-order valence-electron chi connectivity index (χ0n) is 17.7. The van der Waals surface area contributed by atoms with E-state index < -0.39 is 5.41 Å². The molecule has 7 heteroatoms. The molecule has 1 atom stereocenters. The maximum atomic E-state index is 13.6. The fraction of sp³-hybridized carbons (Fsp3) is 0.375. The molecule has 2 fully saturated rings. The number of rotatable bonds is 6. The van der Waals surface area contributed by atoms with Gasteiger partial charge < -0.3 is 18.9 Å². The normalized spacial score (nSPS) is 19.3. The Labute approximate surface area is 181 Å². The Hall–Kier alpha value is -3.35. The molecule has 1 aromatic heterocycles. The Balaban J connectivity index is 1.40. The third-order valence-corrected chi connectivity index (χ3v) is 6.39. The van der Waals surface area contributed by atoms with Crippen LogP contribution in [0.25, 0.3) is 11.4 Å². The van der Waals surface area contributed by atoms with E-state index in [0.29, 0.717) is 24.0 Å². The van der Waals surface area contributed by atoms with Crippen molar-refractivity contribution in [1.82, 2.24) is 15.0 Å². The first-order valence-corrected chi connectivity index (χ1v) is 10.6. The van der Waals surface area contributed by atoms with Gasteiger partial charge in [-0.25, -0.2) is 0 Å². The largest absolute Gasteiger partial charge is 0.497 e. The molecule has 0 radical (unpaired) electrons. The molecule has 5 rings (SSSR count). The standard InChI is InChI=1S/C24H25N3O4/c1-29-17-11-9-16(10-12-17)24(13-14-24)23(28)27-15-5-7-19(27)22-25-21(26-31-22)18-6-3-4-8-20(18)30-2/h3-4,6,8-12,19H,5,7,13-15H2,1-2H3. The molecule has 2 heterocycles. The van der Waals surface area contributed by atoms with Gasteiger partial charge in [0, 0.05) is 6.54 Å². The number of likely N-dealkylation sites (tertiary alicyclic amines) is 1. The third kappa shape index (κ3) is 3.34. The molecule has 3 aromatic rings. The van der Waals surface area contributed by atoms with Crippen LogP contribution in [0.2, 0.25) is 0 Å². The molecule has 2 aliphatic rings. The second-order valence-electron chi connectivity index (χ2n) is 8.12. The predicted octanol–water partition coefficient (Wildman–Crippen LogP) is 4.15. The van der Waals surface area contributed by atoms with Crippen LogP contribution in [0.3, 0.4) is 0 Å². The first-order valence-electron chi connectivity index (χ1n) is 10.6. The van der Waals surface area contributed by atoms with Gasteiger partial charge in [-0.1, -0.05) is 29.4 Å². The van der Waals surface area contributed by atoms with Crippen molar-refractivity contribution in [3.05, 3.63) is 60.0 Å². The highest BCUT2D eigenvalue weighted by Crippen LogP contribution is 2.51. The van der Waals surface area contributed by atoms with E-state index in [1.807, 2.05) is 53.4 Å². The number of ether oxygens (including phenoxy) is 2. The molecule has 1 aliphatic heterocycles. The second-order valence-corrected chi connectivity index (χ2v) is 8.12. The number of nitrogens with zero attached hydrogens (tertiary/aromatic N) is 3. The van der Waals surface area contributed by atoms with E-state index in [2.05, 4.69) is 10.1 Å². The zero-order valence-corrected chi connectivity index (χ0v) is 17.7. The number of carbonyl (C=O) groups excluding carboxylic acids is 1. The predicted molar refractivity (Wildman–Crippen MR) is 114 cm³/mol. The molecule has 160 valence electrons. The summed E-state index contributed by atoms with van der Waals surface area (Å²) in [4.78, 5) is 20.2. The van der Waals surface area contributed by atoms with Crippen LogP contribution in [0.5, 0.6) is 11.5 Å². The van der Waals surface area contributed by atoms with Gasteiger partial charge in [0.1, 0.15) is 17.5 Å². The molecule has 2 aromatic carbocycles. The van der Waals surface area contributed by atoms with Gasteiger partial charge in [0.25, 0.3) is 0 Å². The van der Waals surface area contributed by atoms with E-state index in [4.69, 9.17) is 14.0 Å². The third-order valence-electron chi connectivity index (χ3n) is 6.39. The van der Waals surface area contributed by atoms with Crippen LogP contribution in [0, 0.1) is 0 Å². The number of para-hydroxylation sites is 1. The average molecular weight is 419 g/mol. The molecule has 1 amide bonds. The lowest BCUT2D eigenvalue weighted by Gasteiger charge is -2.27. The molecule has 1 aliphatic carbocycles. The van der Waals surface area contributed by atoms with Gasteiger partial charge in [0.2, 0.25) is 17.6 Å². The number of amides is 1. The first-order chi connectivity index (χ1) is 15.2. The summed E-state index contributed by atoms with van der Waals surface area (Å²) in [7, 11) is 3.26. The van der Waals surface area contributed by atoms with Gasteiger partial charge >= 0.3 is 0 Å². The van der Waals surface area contributed by atoms with E-state index in [1.54, 1.807) is 14.2 Å². The van der Waals surface area contributed by atoms with Crippen molar-refractivity contribution in [3.8, 4) is 22.9 Å². The minimum atomic E-state index is -0.444. The molecule has 0 bridgehead atoms. The smallest absolute Gasteiger partial charge is 0.249 e. The quantitative estimate of drug-likeness (QED) is 0.597. The van der Waals surface area contributed by atoms with Crippen LogP contribution in [0.4, 0.5) is 0 Å². The highest BCUT2D eigenvalue weighted by molar-refractivity contribution is 5.91. The Morgan fingerprint density at radius 3 is 2.58 bits per heavy atom. The molecular formula is C24H25N3O4. The SMILES string of the molecule is COc1ccc(C2(C(=O)N3CCCC3c3nc(-c4ccccc4OC)no3)CC2)cc1. The minimum Gasteiger partial charge on any atom is -0.497 e. The Bertz CT molecular complexity index is 1090. The summed E-state index contributed by atoms with van der Waals surface area (Å²) < 4.78 is 16.3. The van der Waals surface area contributed by atoms with E-state index in [1.165, 1.54) is 0 Å². The van der Waals surface area contributed by atoms with Gasteiger partial charge in [-0.3, -0.25) is 4.79 Å². The number of hydrogen-bond acceptors (Lipinski definition) is 6. The molecule has 0 spiro atoms. The van der Waals surface area contributed by atoms with Crippen molar-refractivity contribution in [1.29, 1.82) is 0 Å². The Morgan fingerprint density at radius 1 is 1.10 bits per heavy atom. The van der Waals surface area contributed by atoms with Crippen LogP contribution < -0.4 is 9.47 Å². The molecular weight excluding hydrogens is 394 g/mol. The number of methoxy groups -OCH3 is 2. The highest BCUT2D eigenvalue weighted by atomic mass is 16.5. The summed E-state index contributed by atoms with van der Waals surface area (Å²) in [5.74, 6) is 2.59. The van der Waals surface area contributed by atoms with E-state index in [0.717, 1.165) is 42.6 Å². The number of aromatic nitrogens is 2. The topological polar surface area (TPSA) is 77.7 Å². The first kappa shape index (κ1) is 19.6. The van der Waals surface area contributed by atoms with Gasteiger partial charge in [-0.05, 0) is 55.5 Å². The minimum absolute atomic E-state index is 0.150. The molecule has 0 N–H and O–H groups in total. The van der Waals surface area contributed by atoms with Crippen molar-refractivity contribution in [2.24, 2.45) is 0 Å². The summed E-state index contributed by atoms with van der Waals surface area (Å²) >= 11 is 0. The van der Waals surface area contributed by atoms with Gasteiger partial charge in [-0.15, -0.1) is 0 Å². The fourth-order valence-corrected chi connectivity index (χ4v) is 4.51. The molecule has 1 saturated heterocycles. The maximum Gasteiger partial charge on any atom is 0.249 e. The van der Waals surface area contributed by atoms with Crippen LogP contribution in [0.15, 0.2) is 53.1 Å². The average Bonchev–Trinajstić information content (AvgIpc) is 3.24. The number of hydrogen-bond donors (Lipinski definition) is 0. The Morgan fingerprint density at radius 2 is 1.87 bits per heavy atom. The van der Waals surface area contributed by atoms with Gasteiger partial charge in [0.15, 0.2) is 0 Å². The molecule has 1 saturated carbocycles. The highest BCUT2D eigenvalue weighted by Gasteiger charge is 2.55. The van der Waals surface area contributed by atoms with Crippen molar-refractivity contribution < 1.29 is 18.8 Å². The molecule has 7 nitrogen and oxygen atoms in total. The van der Waals surface area contributed by atoms with E-state index >= 15 is 0 Å². The van der Waals surface area contributed by atoms with E-state index in [-0.39, 0.29) is 11.9 Å². The summed E-state index contributed by atoms with van der Waals surface area (Å²) in [6, 6.07) is 15.2. The monoisotopic (exact) mass is 419 g/mol. The van der Waals surface area contributed by atoms with Crippen molar-refractivity contribution >= 4 is 5.91 Å². The van der Waals surface area contributed by atoms with Crippen LogP contribution >= 0.6 is 0 Å². The lowest BCUT2D eigenvalue weighted by Crippen LogP contribution is -2.39. The summed E-state index contributed by atoms with van der Waals surface area (Å²) in [5, 5.41) is 4.17. The van der Waals surface area contributed by atoms with E-state index in [9.17, 15) is 4.79 Å². The van der Waals surface area contributed by atoms with Crippen LogP contribution in [-0.4, -0.2) is 41.7 Å². The number of benzene rings is 2. The van der Waals surface area contributed by atoms with Crippen molar-refractivity contribution in [2.75, 3.05) is 20.8 Å². The van der Waals surface area contributed by atoms with Gasteiger partial charge in [-0.2, -0.15) is 4.98 Å². The van der Waals surface area contributed by atoms with Crippen molar-refractivity contribution in [3.63, 3.8) is 0 Å². The molecule has 31 heavy (non-hydrogen) atoms. The summed E-state index contributed by atoms with van der Waals surface area (Å²) in [6.45, 7) is 0.702. The number of carbonyl (C=O) groups is 1. The van der Waals surface area contributed by atoms with Crippen LogP contribution in [-0.2, 0) is 10.2 Å². The zero-order chi connectivity index (χ0) is 21.4. The lowest BCUT2D eigenvalue weighted by molar-refractivity contribution is -0.135. The Kier molecular flexibility index (Phi) is 4.88. The maximum absolute atomic E-state index is 13.6.